The highest BCUT2D eigenvalue weighted by molar-refractivity contribution is 5.76. The summed E-state index contributed by atoms with van der Waals surface area (Å²) in [6.07, 6.45) is 0.677. The predicted octanol–water partition coefficient (Wildman–Crippen LogP) is 1.81. The van der Waals surface area contributed by atoms with Gasteiger partial charge in [-0.3, -0.25) is 14.5 Å². The van der Waals surface area contributed by atoms with Crippen LogP contribution in [0.3, 0.4) is 0 Å². The van der Waals surface area contributed by atoms with Crippen LogP contribution in [0.4, 0.5) is 4.39 Å². The fourth-order valence-electron chi connectivity index (χ4n) is 2.85. The van der Waals surface area contributed by atoms with Gasteiger partial charge in [-0.1, -0.05) is 12.1 Å². The van der Waals surface area contributed by atoms with Gasteiger partial charge in [0.25, 0.3) is 0 Å². The van der Waals surface area contributed by atoms with Gasteiger partial charge in [0.15, 0.2) is 0 Å². The number of amides is 1. The van der Waals surface area contributed by atoms with Gasteiger partial charge in [0.1, 0.15) is 11.9 Å². The summed E-state index contributed by atoms with van der Waals surface area (Å²) >= 11 is 0. The summed E-state index contributed by atoms with van der Waals surface area (Å²) in [6.45, 7) is 5.28. The first-order chi connectivity index (χ1) is 10.4. The molecule has 1 atom stereocenters. The maximum Gasteiger partial charge on any atom is 0.325 e. The third-order valence-electron chi connectivity index (χ3n) is 4.03. The van der Waals surface area contributed by atoms with E-state index in [1.165, 1.54) is 19.1 Å². The predicted molar refractivity (Wildman–Crippen MR) is 80.0 cm³/mol. The fraction of sp³-hybridized carbons (Fsp3) is 0.500. The minimum atomic E-state index is -1.07. The Morgan fingerprint density at radius 3 is 2.55 bits per heavy atom. The van der Waals surface area contributed by atoms with Crippen LogP contribution in [0.2, 0.25) is 0 Å². The Bertz CT molecular complexity index is 577. The van der Waals surface area contributed by atoms with Crippen molar-refractivity contribution in [3.05, 3.63) is 35.1 Å². The summed E-state index contributed by atoms with van der Waals surface area (Å²) in [5.74, 6) is -1.59. The lowest BCUT2D eigenvalue weighted by Gasteiger charge is -2.28. The van der Waals surface area contributed by atoms with Gasteiger partial charge in [-0.05, 0) is 25.0 Å². The Hall–Kier alpha value is -1.95. The summed E-state index contributed by atoms with van der Waals surface area (Å²) in [6, 6.07) is 3.59. The highest BCUT2D eigenvalue weighted by Crippen LogP contribution is 2.25. The molecule has 5 nitrogen and oxygen atoms in total. The lowest BCUT2D eigenvalue weighted by molar-refractivity contribution is -0.143. The first kappa shape index (κ1) is 16.4. The minimum Gasteiger partial charge on any atom is -0.480 e. The molecule has 2 rings (SSSR count). The van der Waals surface area contributed by atoms with Gasteiger partial charge in [0.2, 0.25) is 5.91 Å². The average molecular weight is 308 g/mol. The number of benzene rings is 1. The second-order valence-electron chi connectivity index (χ2n) is 5.66. The van der Waals surface area contributed by atoms with Gasteiger partial charge in [-0.2, -0.15) is 0 Å². The number of carbonyl (C=O) groups is 2. The monoisotopic (exact) mass is 308 g/mol. The molecule has 1 saturated heterocycles. The molecule has 0 saturated carbocycles. The van der Waals surface area contributed by atoms with Crippen LogP contribution in [0.25, 0.3) is 0 Å². The number of aliphatic carboxylic acids is 1. The smallest absolute Gasteiger partial charge is 0.325 e. The first-order valence-corrected chi connectivity index (χ1v) is 7.38. The summed E-state index contributed by atoms with van der Waals surface area (Å²) in [4.78, 5) is 26.6. The number of carbonyl (C=O) groups excluding carboxylic acids is 1. The summed E-state index contributed by atoms with van der Waals surface area (Å²) in [7, 11) is 0. The number of halogens is 1. The topological polar surface area (TPSA) is 60.9 Å². The number of rotatable bonds is 3. The van der Waals surface area contributed by atoms with Crippen LogP contribution >= 0.6 is 0 Å². The van der Waals surface area contributed by atoms with Crippen molar-refractivity contribution < 1.29 is 19.1 Å². The van der Waals surface area contributed by atoms with Crippen molar-refractivity contribution in [3.63, 3.8) is 0 Å². The van der Waals surface area contributed by atoms with Crippen LogP contribution in [-0.2, 0) is 9.59 Å². The zero-order valence-electron chi connectivity index (χ0n) is 12.9. The van der Waals surface area contributed by atoms with Gasteiger partial charge < -0.3 is 10.0 Å². The zero-order chi connectivity index (χ0) is 16.3. The molecule has 22 heavy (non-hydrogen) atoms. The van der Waals surface area contributed by atoms with E-state index in [4.69, 9.17) is 0 Å². The van der Waals surface area contributed by atoms with Crippen molar-refractivity contribution in [1.82, 2.24) is 9.80 Å². The lowest BCUT2D eigenvalue weighted by Crippen LogP contribution is -2.38. The van der Waals surface area contributed by atoms with Crippen molar-refractivity contribution in [1.29, 1.82) is 0 Å². The van der Waals surface area contributed by atoms with E-state index < -0.39 is 17.8 Å². The molecule has 0 radical (unpaired) electrons. The molecule has 1 aromatic rings. The van der Waals surface area contributed by atoms with Crippen molar-refractivity contribution >= 4 is 11.9 Å². The molecule has 1 N–H and O–H groups in total. The molecule has 0 aliphatic carbocycles. The molecule has 1 fully saturated rings. The maximum atomic E-state index is 14.2. The molecule has 0 bridgehead atoms. The van der Waals surface area contributed by atoms with Gasteiger partial charge in [-0.15, -0.1) is 0 Å². The quantitative estimate of drug-likeness (QED) is 0.925. The molecular weight excluding hydrogens is 287 g/mol. The van der Waals surface area contributed by atoms with Crippen molar-refractivity contribution in [3.8, 4) is 0 Å². The molecule has 1 aromatic carbocycles. The van der Waals surface area contributed by atoms with Gasteiger partial charge >= 0.3 is 5.97 Å². The summed E-state index contributed by atoms with van der Waals surface area (Å²) < 4.78 is 14.2. The maximum absolute atomic E-state index is 14.2. The number of carboxylic acids is 1. The van der Waals surface area contributed by atoms with Crippen LogP contribution in [0.15, 0.2) is 18.2 Å². The van der Waals surface area contributed by atoms with Gasteiger partial charge in [0, 0.05) is 38.7 Å². The number of carboxylic acid groups (broad SMARTS) is 1. The second-order valence-corrected chi connectivity index (χ2v) is 5.66. The summed E-state index contributed by atoms with van der Waals surface area (Å²) in [5.41, 5.74) is 0.929. The Labute approximate surface area is 129 Å². The molecular formula is C16H21FN2O3. The van der Waals surface area contributed by atoms with E-state index in [-0.39, 0.29) is 11.5 Å². The van der Waals surface area contributed by atoms with Gasteiger partial charge in [-0.25, -0.2) is 4.39 Å². The fourth-order valence-corrected chi connectivity index (χ4v) is 2.85. The van der Waals surface area contributed by atoms with E-state index in [2.05, 4.69) is 0 Å². The second kappa shape index (κ2) is 6.87. The Kier molecular flexibility index (Phi) is 5.13. The van der Waals surface area contributed by atoms with E-state index >= 15 is 0 Å². The molecule has 1 heterocycles. The van der Waals surface area contributed by atoms with E-state index in [0.29, 0.717) is 32.6 Å². The molecule has 120 valence electrons. The number of nitrogens with zero attached hydrogens (tertiary/aromatic N) is 2. The van der Waals surface area contributed by atoms with Crippen LogP contribution in [0.5, 0.6) is 0 Å². The molecule has 1 amide bonds. The van der Waals surface area contributed by atoms with E-state index in [9.17, 15) is 19.1 Å². The van der Waals surface area contributed by atoms with Crippen LogP contribution in [0, 0.1) is 12.7 Å². The molecule has 0 aromatic heterocycles. The SMILES string of the molecule is CC(=O)N1CCCN(C(C(=O)O)c2ccc(C)cc2F)CC1. The molecule has 1 unspecified atom stereocenters. The van der Waals surface area contributed by atoms with Crippen molar-refractivity contribution in [2.45, 2.75) is 26.3 Å². The number of aryl methyl sites for hydroxylation is 1. The Balaban J connectivity index is 2.24. The van der Waals surface area contributed by atoms with Crippen LogP contribution in [0.1, 0.15) is 30.5 Å². The largest absolute Gasteiger partial charge is 0.480 e. The third-order valence-corrected chi connectivity index (χ3v) is 4.03. The minimum absolute atomic E-state index is 0.0183. The third kappa shape index (κ3) is 3.62. The van der Waals surface area contributed by atoms with E-state index in [0.717, 1.165) is 5.56 Å². The molecule has 6 heteroatoms. The molecule has 1 aliphatic rings. The molecule has 1 aliphatic heterocycles. The van der Waals surface area contributed by atoms with Crippen molar-refractivity contribution in [2.75, 3.05) is 26.2 Å². The lowest BCUT2D eigenvalue weighted by atomic mass is 10.0. The number of hydrogen-bond acceptors (Lipinski definition) is 3. The average Bonchev–Trinajstić information content (AvgIpc) is 2.67. The van der Waals surface area contributed by atoms with E-state index in [1.807, 2.05) is 0 Å². The van der Waals surface area contributed by atoms with Crippen LogP contribution in [-0.4, -0.2) is 53.0 Å². The number of hydrogen-bond donors (Lipinski definition) is 1. The Morgan fingerprint density at radius 2 is 1.95 bits per heavy atom. The Morgan fingerprint density at radius 1 is 1.23 bits per heavy atom. The van der Waals surface area contributed by atoms with Crippen molar-refractivity contribution in [2.24, 2.45) is 0 Å². The van der Waals surface area contributed by atoms with Crippen LogP contribution < -0.4 is 0 Å². The summed E-state index contributed by atoms with van der Waals surface area (Å²) in [5, 5.41) is 9.55. The normalized spacial score (nSPS) is 17.9. The standard InChI is InChI=1S/C16H21FN2O3/c1-11-4-5-13(14(17)10-11)15(16(21)22)19-7-3-6-18(8-9-19)12(2)20/h4-5,10,15H,3,6-9H2,1-2H3,(H,21,22). The first-order valence-electron chi connectivity index (χ1n) is 7.38. The highest BCUT2D eigenvalue weighted by atomic mass is 19.1. The zero-order valence-corrected chi connectivity index (χ0v) is 12.9. The van der Waals surface area contributed by atoms with E-state index in [1.54, 1.807) is 22.8 Å². The highest BCUT2D eigenvalue weighted by Gasteiger charge is 2.31. The molecule has 0 spiro atoms. The van der Waals surface area contributed by atoms with Gasteiger partial charge in [0.05, 0.1) is 0 Å².